The zero-order valence-electron chi connectivity index (χ0n) is 13.8. The third kappa shape index (κ3) is 6.62. The molecule has 1 aliphatic rings. The second-order valence-electron chi connectivity index (χ2n) is 5.55. The fourth-order valence-electron chi connectivity index (χ4n) is 2.34. The quantitative estimate of drug-likeness (QED) is 0.445. The third-order valence-electron chi connectivity index (χ3n) is 3.50. The van der Waals surface area contributed by atoms with E-state index in [-0.39, 0.29) is 0 Å². The number of ether oxygens (including phenoxy) is 1. The van der Waals surface area contributed by atoms with Gasteiger partial charge in [-0.15, -0.1) is 0 Å². The van der Waals surface area contributed by atoms with Crippen molar-refractivity contribution in [3.63, 3.8) is 0 Å². The van der Waals surface area contributed by atoms with Crippen LogP contribution in [-0.2, 0) is 31.5 Å². The molecule has 1 saturated heterocycles. The van der Waals surface area contributed by atoms with Gasteiger partial charge in [0.1, 0.15) is 17.3 Å². The van der Waals surface area contributed by atoms with Crippen LogP contribution in [0, 0.1) is 20.8 Å². The van der Waals surface area contributed by atoms with E-state index in [0.29, 0.717) is 10.9 Å². The van der Waals surface area contributed by atoms with Gasteiger partial charge in [0.05, 0.1) is 13.2 Å². The number of aryl methyl sites for hydroxylation is 3. The Hall–Kier alpha value is -0.770. The molecule has 0 atom stereocenters. The molecular formula is C15H21F3O4S2. The summed E-state index contributed by atoms with van der Waals surface area (Å²) < 4.78 is 64.3. The van der Waals surface area contributed by atoms with Gasteiger partial charge in [-0.3, -0.25) is 0 Å². The maximum atomic E-state index is 10.7. The monoisotopic (exact) mass is 386 g/mol. The van der Waals surface area contributed by atoms with Crippen LogP contribution < -0.4 is 0 Å². The van der Waals surface area contributed by atoms with Crippen molar-refractivity contribution in [2.45, 2.75) is 32.0 Å². The number of alkyl halides is 3. The molecule has 0 saturated carbocycles. The highest BCUT2D eigenvalue weighted by Gasteiger charge is 2.36. The molecule has 4 nitrogen and oxygen atoms in total. The van der Waals surface area contributed by atoms with Gasteiger partial charge in [0.15, 0.2) is 10.1 Å². The summed E-state index contributed by atoms with van der Waals surface area (Å²) in [6, 6.07) is 4.62. The normalized spacial score (nSPS) is 16.5. The molecule has 24 heavy (non-hydrogen) atoms. The Balaban J connectivity index is 0.000000307. The summed E-state index contributed by atoms with van der Waals surface area (Å²) in [6.07, 6.45) is 0. The van der Waals surface area contributed by atoms with Crippen LogP contribution in [0.15, 0.2) is 12.1 Å². The van der Waals surface area contributed by atoms with Crippen molar-refractivity contribution < 1.29 is 30.9 Å². The minimum Gasteiger partial charge on any atom is -0.741 e. The minimum atomic E-state index is -6.09. The van der Waals surface area contributed by atoms with E-state index in [1.807, 2.05) is 0 Å². The van der Waals surface area contributed by atoms with E-state index in [9.17, 15) is 13.2 Å². The fraction of sp³-hybridized carbons (Fsp3) is 0.600. The molecule has 1 aromatic carbocycles. The molecule has 0 amide bonds. The van der Waals surface area contributed by atoms with Crippen molar-refractivity contribution in [2.75, 3.05) is 24.7 Å². The van der Waals surface area contributed by atoms with E-state index in [2.05, 4.69) is 32.9 Å². The molecule has 1 fully saturated rings. The second-order valence-corrected chi connectivity index (χ2v) is 9.26. The van der Waals surface area contributed by atoms with Crippen LogP contribution in [0.5, 0.6) is 0 Å². The Morgan fingerprint density at radius 3 is 1.92 bits per heavy atom. The van der Waals surface area contributed by atoms with E-state index >= 15 is 0 Å². The molecule has 9 heteroatoms. The van der Waals surface area contributed by atoms with E-state index in [1.165, 1.54) is 33.9 Å². The second kappa shape index (κ2) is 8.55. The number of halogens is 3. The van der Waals surface area contributed by atoms with Crippen LogP contribution in [0.2, 0.25) is 0 Å². The predicted octanol–water partition coefficient (Wildman–Crippen LogP) is 2.81. The summed E-state index contributed by atoms with van der Waals surface area (Å²) in [5.74, 6) is 3.78. The smallest absolute Gasteiger partial charge is 0.485 e. The first-order valence-electron chi connectivity index (χ1n) is 7.22. The van der Waals surface area contributed by atoms with Crippen LogP contribution in [-0.4, -0.2) is 43.2 Å². The van der Waals surface area contributed by atoms with Crippen molar-refractivity contribution in [3.8, 4) is 0 Å². The zero-order chi connectivity index (χ0) is 18.5. The molecular weight excluding hydrogens is 365 g/mol. The molecule has 1 aromatic rings. The molecule has 1 aliphatic heterocycles. The lowest BCUT2D eigenvalue weighted by atomic mass is 10.0. The topological polar surface area (TPSA) is 66.4 Å². The Kier molecular flexibility index (Phi) is 7.58. The highest BCUT2D eigenvalue weighted by molar-refractivity contribution is 7.96. The van der Waals surface area contributed by atoms with E-state index in [4.69, 9.17) is 17.7 Å². The fourth-order valence-corrected chi connectivity index (χ4v) is 4.41. The highest BCUT2D eigenvalue weighted by Crippen LogP contribution is 2.21. The van der Waals surface area contributed by atoms with Gasteiger partial charge in [0.2, 0.25) is 0 Å². The molecule has 138 valence electrons. The average molecular weight is 386 g/mol. The Labute approximate surface area is 143 Å². The van der Waals surface area contributed by atoms with E-state index in [0.717, 1.165) is 13.2 Å². The number of hydrogen-bond donors (Lipinski definition) is 0. The van der Waals surface area contributed by atoms with Crippen molar-refractivity contribution in [3.05, 3.63) is 34.4 Å². The number of benzene rings is 1. The largest absolute Gasteiger partial charge is 0.741 e. The van der Waals surface area contributed by atoms with Crippen molar-refractivity contribution in [1.29, 1.82) is 0 Å². The molecule has 0 unspecified atom stereocenters. The van der Waals surface area contributed by atoms with E-state index in [1.54, 1.807) is 5.56 Å². The Bertz CT molecular complexity index is 628. The van der Waals surface area contributed by atoms with Crippen molar-refractivity contribution in [1.82, 2.24) is 0 Å². The average Bonchev–Trinajstić information content (AvgIpc) is 2.42. The molecule has 0 aromatic heterocycles. The molecule has 2 rings (SSSR count). The summed E-state index contributed by atoms with van der Waals surface area (Å²) >= 11 is 0. The summed E-state index contributed by atoms with van der Waals surface area (Å²) in [4.78, 5) is 0. The lowest BCUT2D eigenvalue weighted by Gasteiger charge is -2.17. The van der Waals surface area contributed by atoms with Gasteiger partial charge in [0.25, 0.3) is 0 Å². The van der Waals surface area contributed by atoms with Crippen LogP contribution in [0.3, 0.4) is 0 Å². The molecule has 0 N–H and O–H groups in total. The van der Waals surface area contributed by atoms with E-state index < -0.39 is 15.6 Å². The van der Waals surface area contributed by atoms with Gasteiger partial charge < -0.3 is 9.29 Å². The first-order valence-corrected chi connectivity index (χ1v) is 10.4. The lowest BCUT2D eigenvalue weighted by Crippen LogP contribution is -2.27. The van der Waals surface area contributed by atoms with Crippen LogP contribution in [0.1, 0.15) is 22.3 Å². The maximum Gasteiger partial charge on any atom is 0.485 e. The summed E-state index contributed by atoms with van der Waals surface area (Å²) in [5.41, 5.74) is 0.255. The molecule has 0 radical (unpaired) electrons. The lowest BCUT2D eigenvalue weighted by molar-refractivity contribution is -0.0517. The maximum absolute atomic E-state index is 10.7. The highest BCUT2D eigenvalue weighted by atomic mass is 32.2. The van der Waals surface area contributed by atoms with Gasteiger partial charge in [-0.1, -0.05) is 17.7 Å². The molecule has 0 bridgehead atoms. The summed E-state index contributed by atoms with van der Waals surface area (Å²) in [7, 11) is -5.54. The van der Waals surface area contributed by atoms with Crippen LogP contribution >= 0.6 is 0 Å². The Morgan fingerprint density at radius 1 is 1.12 bits per heavy atom. The van der Waals surface area contributed by atoms with Crippen molar-refractivity contribution >= 4 is 21.0 Å². The first-order chi connectivity index (χ1) is 10.9. The number of rotatable bonds is 2. The van der Waals surface area contributed by atoms with Gasteiger partial charge >= 0.3 is 5.51 Å². The molecule has 1 heterocycles. The van der Waals surface area contributed by atoms with Crippen LogP contribution in [0.4, 0.5) is 13.2 Å². The predicted molar refractivity (Wildman–Crippen MR) is 88.0 cm³/mol. The Morgan fingerprint density at radius 2 is 1.54 bits per heavy atom. The van der Waals surface area contributed by atoms with Gasteiger partial charge in [-0.05, 0) is 42.8 Å². The van der Waals surface area contributed by atoms with Crippen molar-refractivity contribution in [2.24, 2.45) is 0 Å². The SMILES string of the molecule is Cc1cc(C)c(C[S+]2CCOCC2)c(C)c1.O=S(=O)([O-])C(F)(F)F. The zero-order valence-corrected chi connectivity index (χ0v) is 15.4. The summed E-state index contributed by atoms with van der Waals surface area (Å²) in [6.45, 7) is 8.61. The third-order valence-corrected chi connectivity index (χ3v) is 6.26. The first kappa shape index (κ1) is 21.3. The number of hydrogen-bond acceptors (Lipinski definition) is 4. The standard InChI is InChI=1S/C14H21OS.CHF3O3S/c1-11-8-12(2)14(13(3)9-11)10-16-6-4-15-5-7-16;2-1(3,4)8(5,6)7/h8-9H,4-7,10H2,1-3H3;(H,5,6,7)/q+1;/p-1. The van der Waals surface area contributed by atoms with Crippen LogP contribution in [0.25, 0.3) is 0 Å². The molecule has 0 aliphatic carbocycles. The van der Waals surface area contributed by atoms with Gasteiger partial charge in [-0.25, -0.2) is 8.42 Å². The molecule has 0 spiro atoms. The summed E-state index contributed by atoms with van der Waals surface area (Å²) in [5, 5.41) is 0. The van der Waals surface area contributed by atoms with Gasteiger partial charge in [0, 0.05) is 5.56 Å². The van der Waals surface area contributed by atoms with Gasteiger partial charge in [-0.2, -0.15) is 13.2 Å². The minimum absolute atomic E-state index is 0.552.